The van der Waals surface area contributed by atoms with Crippen molar-refractivity contribution >= 4 is 27.3 Å². The summed E-state index contributed by atoms with van der Waals surface area (Å²) in [6.45, 7) is 2.56. The van der Waals surface area contributed by atoms with Gasteiger partial charge in [-0.3, -0.25) is 4.79 Å². The number of thiazole rings is 1. The third-order valence-electron chi connectivity index (χ3n) is 5.21. The van der Waals surface area contributed by atoms with E-state index in [4.69, 9.17) is 4.74 Å². The van der Waals surface area contributed by atoms with Crippen molar-refractivity contribution in [1.82, 2.24) is 14.2 Å². The number of piperidine rings is 1. The monoisotopic (exact) mass is 421 g/mol. The summed E-state index contributed by atoms with van der Waals surface area (Å²) in [5.41, 5.74) is 0.244. The molecule has 0 bridgehead atoms. The number of amides is 1. The van der Waals surface area contributed by atoms with Crippen molar-refractivity contribution in [2.24, 2.45) is 0 Å². The molecule has 3 heterocycles. The molecule has 2 aliphatic rings. The number of ether oxygens (including phenoxy) is 1. The van der Waals surface area contributed by atoms with Crippen LogP contribution in [0.5, 0.6) is 0 Å². The first kappa shape index (κ1) is 19.5. The second kappa shape index (κ2) is 8.28. The summed E-state index contributed by atoms with van der Waals surface area (Å²) < 4.78 is 32.9. The minimum absolute atomic E-state index is 0.0817. The normalized spacial score (nSPS) is 21.6. The fraction of sp³-hybridized carbons (Fsp3) is 0.474. The predicted molar refractivity (Wildman–Crippen MR) is 106 cm³/mol. The van der Waals surface area contributed by atoms with E-state index in [-0.39, 0.29) is 22.3 Å². The minimum atomic E-state index is -3.74. The maximum absolute atomic E-state index is 13.3. The number of hydrogen-bond donors (Lipinski definition) is 0. The molecule has 1 aromatic carbocycles. The first-order valence-corrected chi connectivity index (χ1v) is 11.7. The second-order valence-corrected chi connectivity index (χ2v) is 9.81. The predicted octanol–water partition coefficient (Wildman–Crippen LogP) is 2.18. The average molecular weight is 422 g/mol. The van der Waals surface area contributed by atoms with Gasteiger partial charge >= 0.3 is 0 Å². The molecule has 0 saturated carbocycles. The molecule has 0 radical (unpaired) electrons. The Labute approximate surface area is 169 Å². The number of nitrogens with zero attached hydrogens (tertiary/aromatic N) is 3. The number of morpholine rings is 1. The zero-order valence-electron chi connectivity index (χ0n) is 15.5. The van der Waals surface area contributed by atoms with Gasteiger partial charge in [-0.1, -0.05) is 12.1 Å². The fourth-order valence-corrected chi connectivity index (χ4v) is 6.12. The average Bonchev–Trinajstić information content (AvgIpc) is 3.29. The van der Waals surface area contributed by atoms with Gasteiger partial charge in [0.15, 0.2) is 0 Å². The molecule has 2 aliphatic heterocycles. The topological polar surface area (TPSA) is 79.8 Å². The largest absolute Gasteiger partial charge is 0.379 e. The van der Waals surface area contributed by atoms with E-state index in [0.717, 1.165) is 17.8 Å². The highest BCUT2D eigenvalue weighted by atomic mass is 32.2. The van der Waals surface area contributed by atoms with E-state index in [2.05, 4.69) is 4.98 Å². The Hall–Kier alpha value is -1.81. The maximum atomic E-state index is 13.3. The molecule has 2 fully saturated rings. The minimum Gasteiger partial charge on any atom is -0.379 e. The quantitative estimate of drug-likeness (QED) is 0.756. The smallest absolute Gasteiger partial charge is 0.255 e. The van der Waals surface area contributed by atoms with Gasteiger partial charge in [0.1, 0.15) is 0 Å². The number of aromatic nitrogens is 1. The molecule has 0 spiro atoms. The second-order valence-electron chi connectivity index (χ2n) is 6.97. The number of hydrogen-bond acceptors (Lipinski definition) is 6. The van der Waals surface area contributed by atoms with Crippen LogP contribution < -0.4 is 0 Å². The summed E-state index contributed by atoms with van der Waals surface area (Å²) >= 11 is 1.60. The number of benzene rings is 1. The van der Waals surface area contributed by atoms with Crippen LogP contribution in [0.4, 0.5) is 0 Å². The molecule has 4 rings (SSSR count). The Kier molecular flexibility index (Phi) is 5.77. The number of likely N-dealkylation sites (tertiary alicyclic amines) is 1. The van der Waals surface area contributed by atoms with Crippen LogP contribution in [-0.4, -0.2) is 67.9 Å². The van der Waals surface area contributed by atoms with E-state index in [1.165, 1.54) is 10.4 Å². The van der Waals surface area contributed by atoms with E-state index < -0.39 is 10.0 Å². The van der Waals surface area contributed by atoms with Crippen molar-refractivity contribution in [2.75, 3.05) is 39.4 Å². The number of carbonyl (C=O) groups is 1. The van der Waals surface area contributed by atoms with Crippen LogP contribution in [0, 0.1) is 0 Å². The molecule has 1 aromatic heterocycles. The Morgan fingerprint density at radius 3 is 2.71 bits per heavy atom. The molecule has 28 heavy (non-hydrogen) atoms. The van der Waals surface area contributed by atoms with E-state index >= 15 is 0 Å². The van der Waals surface area contributed by atoms with Gasteiger partial charge < -0.3 is 9.64 Å². The summed E-state index contributed by atoms with van der Waals surface area (Å²) in [6.07, 6.45) is 3.66. The number of sulfonamides is 1. The number of rotatable bonds is 4. The molecule has 7 nitrogen and oxygen atoms in total. The number of carbonyl (C=O) groups excluding carboxylic acids is 1. The van der Waals surface area contributed by atoms with Gasteiger partial charge in [-0.05, 0) is 25.0 Å². The highest BCUT2D eigenvalue weighted by molar-refractivity contribution is 7.89. The lowest BCUT2D eigenvalue weighted by atomic mass is 9.98. The van der Waals surface area contributed by atoms with Crippen molar-refractivity contribution in [3.63, 3.8) is 0 Å². The van der Waals surface area contributed by atoms with Gasteiger partial charge in [0.05, 0.1) is 28.7 Å². The van der Waals surface area contributed by atoms with Crippen molar-refractivity contribution in [2.45, 2.75) is 23.7 Å². The Balaban J connectivity index is 1.60. The van der Waals surface area contributed by atoms with Gasteiger partial charge in [0, 0.05) is 43.7 Å². The van der Waals surface area contributed by atoms with Crippen LogP contribution in [-0.2, 0) is 14.8 Å². The Bertz CT molecular complexity index is 924. The van der Waals surface area contributed by atoms with E-state index in [9.17, 15) is 13.2 Å². The van der Waals surface area contributed by atoms with Crippen molar-refractivity contribution < 1.29 is 17.9 Å². The Morgan fingerprint density at radius 2 is 1.96 bits per heavy atom. The molecule has 1 atom stereocenters. The third kappa shape index (κ3) is 3.84. The highest BCUT2D eigenvalue weighted by Gasteiger charge is 2.33. The molecule has 9 heteroatoms. The third-order valence-corrected chi connectivity index (χ3v) is 8.11. The zero-order valence-corrected chi connectivity index (χ0v) is 17.1. The lowest BCUT2D eigenvalue weighted by Crippen LogP contribution is -2.42. The van der Waals surface area contributed by atoms with E-state index in [1.807, 2.05) is 5.38 Å². The van der Waals surface area contributed by atoms with Gasteiger partial charge in [-0.15, -0.1) is 11.3 Å². The van der Waals surface area contributed by atoms with Crippen molar-refractivity contribution in [3.05, 3.63) is 46.4 Å². The van der Waals surface area contributed by atoms with Gasteiger partial charge in [0.2, 0.25) is 10.0 Å². The van der Waals surface area contributed by atoms with Crippen LogP contribution in [0.15, 0.2) is 40.7 Å². The fourth-order valence-electron chi connectivity index (χ4n) is 3.76. The standard InChI is InChI=1S/C19H23N3O4S2/c23-19(21-8-3-4-15(14-21)18-20-7-13-27-18)16-5-1-2-6-17(16)28(24,25)22-9-11-26-12-10-22/h1-2,5-7,13,15H,3-4,8-12,14H2. The maximum Gasteiger partial charge on any atom is 0.255 e. The molecule has 2 saturated heterocycles. The first-order valence-electron chi connectivity index (χ1n) is 9.43. The zero-order chi connectivity index (χ0) is 19.6. The van der Waals surface area contributed by atoms with Crippen LogP contribution in [0.2, 0.25) is 0 Å². The molecule has 2 aromatic rings. The molecule has 1 unspecified atom stereocenters. The van der Waals surface area contributed by atoms with Gasteiger partial charge in [-0.2, -0.15) is 4.31 Å². The highest BCUT2D eigenvalue weighted by Crippen LogP contribution is 2.30. The van der Waals surface area contributed by atoms with E-state index in [0.29, 0.717) is 39.4 Å². The molecular formula is C19H23N3O4S2. The summed E-state index contributed by atoms with van der Waals surface area (Å²) in [7, 11) is -3.74. The van der Waals surface area contributed by atoms with Crippen molar-refractivity contribution in [1.29, 1.82) is 0 Å². The molecule has 1 amide bonds. The molecule has 0 N–H and O–H groups in total. The van der Waals surface area contributed by atoms with Crippen LogP contribution >= 0.6 is 11.3 Å². The van der Waals surface area contributed by atoms with Crippen LogP contribution in [0.25, 0.3) is 0 Å². The van der Waals surface area contributed by atoms with Crippen molar-refractivity contribution in [3.8, 4) is 0 Å². The van der Waals surface area contributed by atoms with E-state index in [1.54, 1.807) is 40.6 Å². The summed E-state index contributed by atoms with van der Waals surface area (Å²) in [5.74, 6) is -0.0191. The van der Waals surface area contributed by atoms with Crippen LogP contribution in [0.1, 0.15) is 34.1 Å². The summed E-state index contributed by atoms with van der Waals surface area (Å²) in [6, 6.07) is 6.52. The SMILES string of the molecule is O=C(c1ccccc1S(=O)(=O)N1CCOCC1)N1CCCC(c2nccs2)C1. The molecule has 0 aliphatic carbocycles. The van der Waals surface area contributed by atoms with Gasteiger partial charge in [-0.25, -0.2) is 13.4 Å². The lowest BCUT2D eigenvalue weighted by Gasteiger charge is -2.33. The lowest BCUT2D eigenvalue weighted by molar-refractivity contribution is 0.0698. The van der Waals surface area contributed by atoms with Crippen LogP contribution in [0.3, 0.4) is 0 Å². The summed E-state index contributed by atoms with van der Waals surface area (Å²) in [5, 5.41) is 2.98. The van der Waals surface area contributed by atoms with Gasteiger partial charge in [0.25, 0.3) is 5.91 Å². The molecular weight excluding hydrogens is 398 g/mol. The Morgan fingerprint density at radius 1 is 1.18 bits per heavy atom. The molecule has 150 valence electrons. The summed E-state index contributed by atoms with van der Waals surface area (Å²) in [4.78, 5) is 19.5. The first-order chi connectivity index (χ1) is 13.6.